The zero-order valence-electron chi connectivity index (χ0n) is 15.7. The quantitative estimate of drug-likeness (QED) is 0.271. The summed E-state index contributed by atoms with van der Waals surface area (Å²) >= 11 is 0. The molecule has 0 spiro atoms. The van der Waals surface area contributed by atoms with Crippen LogP contribution in [0.25, 0.3) is 21.5 Å². The molecule has 0 unspecified atom stereocenters. The fourth-order valence-electron chi connectivity index (χ4n) is 2.64. The van der Waals surface area contributed by atoms with E-state index in [1.54, 1.807) is 0 Å². The second-order valence-corrected chi connectivity index (χ2v) is 5.58. The second kappa shape index (κ2) is 11.6. The maximum atomic E-state index is 5.58. The smallest absolute Gasteiger partial charge is 0.148 e. The summed E-state index contributed by atoms with van der Waals surface area (Å²) in [6.07, 6.45) is 13.2. The van der Waals surface area contributed by atoms with Crippen molar-refractivity contribution in [1.29, 1.82) is 0 Å². The van der Waals surface area contributed by atoms with E-state index >= 15 is 0 Å². The normalized spacial score (nSPS) is 8.89. The molecule has 0 aliphatic rings. The lowest BCUT2D eigenvalue weighted by molar-refractivity contribution is 0.375. The lowest BCUT2D eigenvalue weighted by atomic mass is 10.0. The van der Waals surface area contributed by atoms with Gasteiger partial charge in [-0.3, -0.25) is 0 Å². The summed E-state index contributed by atoms with van der Waals surface area (Å²) in [6, 6.07) is 28.1. The molecule has 4 aromatic carbocycles. The molecule has 0 atom stereocenters. The number of fused-ring (bicyclic) bond motifs is 2. The first-order valence-corrected chi connectivity index (χ1v) is 8.39. The molecule has 0 fully saturated rings. The van der Waals surface area contributed by atoms with Crippen LogP contribution >= 0.6 is 0 Å². The van der Waals surface area contributed by atoms with E-state index in [1.807, 2.05) is 54.6 Å². The van der Waals surface area contributed by atoms with Gasteiger partial charge in [0.2, 0.25) is 0 Å². The number of ether oxygens (including phenoxy) is 1. The number of para-hydroxylation sites is 1. The number of nitrogens with two attached hydrogens (primary N) is 1. The van der Waals surface area contributed by atoms with Crippen molar-refractivity contribution < 1.29 is 4.74 Å². The van der Waals surface area contributed by atoms with E-state index in [0.717, 1.165) is 16.8 Å². The van der Waals surface area contributed by atoms with Gasteiger partial charge in [-0.15, -0.1) is 19.3 Å². The van der Waals surface area contributed by atoms with Gasteiger partial charge in [0.1, 0.15) is 12.4 Å². The van der Waals surface area contributed by atoms with E-state index in [0.29, 0.717) is 6.61 Å². The van der Waals surface area contributed by atoms with Crippen molar-refractivity contribution in [3.8, 4) is 30.9 Å². The van der Waals surface area contributed by atoms with Crippen LogP contribution in [0, 0.1) is 25.2 Å². The Labute approximate surface area is 166 Å². The Morgan fingerprint density at radius 3 is 1.89 bits per heavy atom. The zero-order chi connectivity index (χ0) is 19.5. The van der Waals surface area contributed by atoms with E-state index in [4.69, 9.17) is 16.9 Å². The number of hydrogen-bond donors (Lipinski definition) is 2. The van der Waals surface area contributed by atoms with Gasteiger partial charge in [0.05, 0.1) is 0 Å². The Kier molecular flexibility index (Phi) is 9.20. The van der Waals surface area contributed by atoms with Crippen LogP contribution in [0.4, 0.5) is 5.69 Å². The largest absolute Gasteiger partial charge is 0.480 e. The van der Waals surface area contributed by atoms with Crippen molar-refractivity contribution in [2.75, 3.05) is 12.3 Å². The number of hydrogen-bond acceptors (Lipinski definition) is 3. The summed E-state index contributed by atoms with van der Waals surface area (Å²) < 4.78 is 5.58. The van der Waals surface area contributed by atoms with Crippen LogP contribution in [-0.2, 0) is 0 Å². The van der Waals surface area contributed by atoms with Gasteiger partial charge in [-0.1, -0.05) is 60.5 Å². The van der Waals surface area contributed by atoms with E-state index in [1.165, 1.54) is 16.2 Å². The van der Waals surface area contributed by atoms with E-state index in [2.05, 4.69) is 49.1 Å². The molecule has 0 aliphatic heterocycles. The highest BCUT2D eigenvalue weighted by Crippen LogP contribution is 2.29. The van der Waals surface area contributed by atoms with Gasteiger partial charge in [-0.05, 0) is 46.5 Å². The van der Waals surface area contributed by atoms with Gasteiger partial charge in [0, 0.05) is 11.1 Å². The molecule has 0 radical (unpaired) electrons. The number of nitrogen functional groups attached to an aromatic ring is 1. The highest BCUT2D eigenvalue weighted by Gasteiger charge is 2.03. The molecule has 0 aromatic heterocycles. The minimum Gasteiger partial charge on any atom is -0.480 e. The molecule has 0 bridgehead atoms. The molecule has 5 N–H and O–H groups in total. The van der Waals surface area contributed by atoms with Crippen molar-refractivity contribution in [3.63, 3.8) is 0 Å². The topological polar surface area (TPSA) is 70.2 Å². The third-order valence-corrected chi connectivity index (χ3v) is 3.82. The van der Waals surface area contributed by atoms with Crippen molar-refractivity contribution in [2.24, 2.45) is 0 Å². The van der Waals surface area contributed by atoms with Gasteiger partial charge in [-0.25, -0.2) is 0 Å². The molecule has 3 heteroatoms. The summed E-state index contributed by atoms with van der Waals surface area (Å²) in [7, 11) is 0. The Hall–Kier alpha value is -3.92. The van der Waals surface area contributed by atoms with Crippen LogP contribution in [0.1, 0.15) is 0 Å². The lowest BCUT2D eigenvalue weighted by Crippen LogP contribution is -1.94. The highest BCUT2D eigenvalue weighted by molar-refractivity contribution is 6.00. The monoisotopic (exact) mass is 368 g/mol. The molecule has 0 aliphatic carbocycles. The summed E-state index contributed by atoms with van der Waals surface area (Å²) in [6.45, 7) is 0.298. The first kappa shape index (κ1) is 22.1. The first-order chi connectivity index (χ1) is 13.3. The average molecular weight is 368 g/mol. The van der Waals surface area contributed by atoms with Gasteiger partial charge < -0.3 is 16.6 Å². The average Bonchev–Trinajstić information content (AvgIpc) is 2.73. The molecule has 4 rings (SSSR count). The fraction of sp³-hybridized carbons (Fsp3) is 0.0400. The van der Waals surface area contributed by atoms with Gasteiger partial charge in [0.15, 0.2) is 0 Å². The number of rotatable bonds is 2. The third kappa shape index (κ3) is 5.81. The highest BCUT2D eigenvalue weighted by atomic mass is 16.5. The predicted molar refractivity (Wildman–Crippen MR) is 122 cm³/mol. The van der Waals surface area contributed by atoms with E-state index in [9.17, 15) is 0 Å². The third-order valence-electron chi connectivity index (χ3n) is 3.82. The fourth-order valence-corrected chi connectivity index (χ4v) is 2.64. The molecule has 0 saturated heterocycles. The van der Waals surface area contributed by atoms with Gasteiger partial charge in [-0.2, -0.15) is 0 Å². The maximum Gasteiger partial charge on any atom is 0.148 e. The molecular formula is C25H24N2O. The lowest BCUT2D eigenvalue weighted by Gasteiger charge is -2.08. The molecule has 0 heterocycles. The van der Waals surface area contributed by atoms with Crippen LogP contribution in [0.15, 0.2) is 84.9 Å². The second-order valence-electron chi connectivity index (χ2n) is 5.58. The summed E-state index contributed by atoms with van der Waals surface area (Å²) in [5.74, 6) is 3.34. The van der Waals surface area contributed by atoms with Crippen LogP contribution in [0.2, 0.25) is 0 Å². The Morgan fingerprint density at radius 2 is 1.32 bits per heavy atom. The van der Waals surface area contributed by atoms with Gasteiger partial charge >= 0.3 is 0 Å². The van der Waals surface area contributed by atoms with Crippen molar-refractivity contribution in [2.45, 2.75) is 0 Å². The first-order valence-electron chi connectivity index (χ1n) is 8.39. The number of benzene rings is 4. The Bertz CT molecular complexity index is 1060. The van der Waals surface area contributed by atoms with Crippen molar-refractivity contribution in [3.05, 3.63) is 84.9 Å². The molecule has 0 amide bonds. The maximum absolute atomic E-state index is 5.58. The Balaban J connectivity index is 0.000000332. The minimum atomic E-state index is 0. The SMILES string of the molecule is C#C.C#CCOc1cccc2cc3ccccc3cc12.N.Nc1ccccc1. The van der Waals surface area contributed by atoms with Crippen LogP contribution < -0.4 is 16.6 Å². The Morgan fingerprint density at radius 1 is 0.750 bits per heavy atom. The van der Waals surface area contributed by atoms with E-state index in [-0.39, 0.29) is 6.15 Å². The standard InChI is InChI=1S/C17H12O.C6H7N.C2H2.H3N/c1-2-10-18-17-9-5-8-15-11-13-6-3-4-7-14(13)12-16(15)17;7-6-4-2-1-3-5-6;1-2;/h1,3-9,11-12H,10H2;1-5H,7H2;1-2H;1H3. The molecular weight excluding hydrogens is 344 g/mol. The number of anilines is 1. The molecule has 140 valence electrons. The van der Waals surface area contributed by atoms with Crippen LogP contribution in [-0.4, -0.2) is 6.61 Å². The van der Waals surface area contributed by atoms with E-state index < -0.39 is 0 Å². The van der Waals surface area contributed by atoms with Crippen LogP contribution in [0.5, 0.6) is 5.75 Å². The molecule has 0 saturated carbocycles. The van der Waals surface area contributed by atoms with Crippen LogP contribution in [0.3, 0.4) is 0 Å². The van der Waals surface area contributed by atoms with Gasteiger partial charge in [0.25, 0.3) is 0 Å². The molecule has 3 nitrogen and oxygen atoms in total. The molecule has 28 heavy (non-hydrogen) atoms. The summed E-state index contributed by atoms with van der Waals surface area (Å²) in [5, 5.41) is 4.72. The summed E-state index contributed by atoms with van der Waals surface area (Å²) in [4.78, 5) is 0. The zero-order valence-corrected chi connectivity index (χ0v) is 15.7. The molecule has 4 aromatic rings. The van der Waals surface area contributed by atoms with Crippen molar-refractivity contribution >= 4 is 27.2 Å². The predicted octanol–water partition coefficient (Wildman–Crippen LogP) is 5.69. The minimum absolute atomic E-state index is 0. The van der Waals surface area contributed by atoms with Crippen molar-refractivity contribution in [1.82, 2.24) is 6.15 Å². The number of terminal acetylenes is 2. The summed E-state index contributed by atoms with van der Waals surface area (Å²) in [5.41, 5.74) is 6.18.